The van der Waals surface area contributed by atoms with Crippen molar-refractivity contribution in [2.24, 2.45) is 0 Å². The van der Waals surface area contributed by atoms with Gasteiger partial charge in [0.05, 0.1) is 17.8 Å². The van der Waals surface area contributed by atoms with Gasteiger partial charge in [-0.25, -0.2) is 4.79 Å². The minimum absolute atomic E-state index is 0.184. The summed E-state index contributed by atoms with van der Waals surface area (Å²) in [5.41, 5.74) is 0.966. The lowest BCUT2D eigenvalue weighted by molar-refractivity contribution is 0.0593. The maximum Gasteiger partial charge on any atom is 0.360 e. The second-order valence-electron chi connectivity index (χ2n) is 2.56. The number of ether oxygens (including phenoxy) is 1. The van der Waals surface area contributed by atoms with Gasteiger partial charge >= 0.3 is 5.97 Å². The number of halogens is 1. The van der Waals surface area contributed by atoms with E-state index in [0.717, 1.165) is 5.69 Å². The van der Waals surface area contributed by atoms with Crippen molar-refractivity contribution in [1.29, 1.82) is 0 Å². The van der Waals surface area contributed by atoms with Crippen molar-refractivity contribution in [3.05, 3.63) is 16.4 Å². The van der Waals surface area contributed by atoms with E-state index in [1.54, 1.807) is 4.68 Å². The molecule has 72 valence electrons. The van der Waals surface area contributed by atoms with Crippen molar-refractivity contribution < 1.29 is 9.53 Å². The summed E-state index contributed by atoms with van der Waals surface area (Å²) in [6, 6.07) is 0. The highest BCUT2D eigenvalue weighted by atomic mass is 35.5. The lowest BCUT2D eigenvalue weighted by Crippen LogP contribution is -2.04. The number of aryl methyl sites for hydroxylation is 1. The van der Waals surface area contributed by atoms with Gasteiger partial charge in [-0.1, -0.05) is 11.6 Å². The normalized spacial score (nSPS) is 10.2. The van der Waals surface area contributed by atoms with Crippen molar-refractivity contribution >= 4 is 17.6 Å². The van der Waals surface area contributed by atoms with Crippen molar-refractivity contribution in [3.63, 3.8) is 0 Å². The molecule has 0 radical (unpaired) electrons. The number of carbonyl (C=O) groups is 1. The molecule has 0 saturated carbocycles. The third-order valence-corrected chi connectivity index (χ3v) is 2.26. The Balaban J connectivity index is 3.17. The molecular weight excluding hydrogens is 192 g/mol. The van der Waals surface area contributed by atoms with Crippen LogP contribution in [0.15, 0.2) is 0 Å². The number of methoxy groups -OCH3 is 1. The summed E-state index contributed by atoms with van der Waals surface area (Å²) in [7, 11) is 1.30. The highest BCUT2D eigenvalue weighted by Gasteiger charge is 2.18. The Morgan fingerprint density at radius 2 is 2.31 bits per heavy atom. The molecular formula is C8H11ClN2O2. The maximum absolute atomic E-state index is 11.1. The smallest absolute Gasteiger partial charge is 0.360 e. The molecule has 1 aromatic rings. The van der Waals surface area contributed by atoms with Gasteiger partial charge in [0.25, 0.3) is 0 Å². The zero-order valence-electron chi connectivity index (χ0n) is 7.80. The van der Waals surface area contributed by atoms with E-state index in [1.807, 2.05) is 13.8 Å². The van der Waals surface area contributed by atoms with E-state index in [1.165, 1.54) is 7.11 Å². The van der Waals surface area contributed by atoms with Gasteiger partial charge in [0.2, 0.25) is 0 Å². The third kappa shape index (κ3) is 1.67. The van der Waals surface area contributed by atoms with Gasteiger partial charge in [0.15, 0.2) is 5.69 Å². The van der Waals surface area contributed by atoms with Crippen molar-refractivity contribution in [2.75, 3.05) is 7.11 Å². The van der Waals surface area contributed by atoms with Gasteiger partial charge in [0.1, 0.15) is 0 Å². The first kappa shape index (κ1) is 10.1. The van der Waals surface area contributed by atoms with Crippen LogP contribution in [0.2, 0.25) is 5.02 Å². The highest BCUT2D eigenvalue weighted by molar-refractivity contribution is 6.33. The minimum atomic E-state index is -0.500. The summed E-state index contributed by atoms with van der Waals surface area (Å²) in [6.45, 7) is 4.42. The Morgan fingerprint density at radius 1 is 1.69 bits per heavy atom. The van der Waals surface area contributed by atoms with Crippen LogP contribution in [0.5, 0.6) is 0 Å². The van der Waals surface area contributed by atoms with Crippen LogP contribution in [0.1, 0.15) is 23.1 Å². The molecule has 0 unspecified atom stereocenters. The van der Waals surface area contributed by atoms with Crippen LogP contribution in [-0.2, 0) is 11.3 Å². The second kappa shape index (κ2) is 3.79. The van der Waals surface area contributed by atoms with Crippen LogP contribution in [0.3, 0.4) is 0 Å². The van der Waals surface area contributed by atoms with Gasteiger partial charge in [-0.2, -0.15) is 5.10 Å². The molecule has 0 fully saturated rings. The van der Waals surface area contributed by atoms with Crippen molar-refractivity contribution in [2.45, 2.75) is 20.4 Å². The molecule has 13 heavy (non-hydrogen) atoms. The third-order valence-electron chi connectivity index (χ3n) is 1.81. The molecule has 0 bridgehead atoms. The fourth-order valence-electron chi connectivity index (χ4n) is 1.06. The molecule has 1 rings (SSSR count). The van der Waals surface area contributed by atoms with Crippen LogP contribution < -0.4 is 0 Å². The quantitative estimate of drug-likeness (QED) is 0.685. The number of esters is 1. The summed E-state index contributed by atoms with van der Waals surface area (Å²) in [5, 5.41) is 4.38. The Kier molecular flexibility index (Phi) is 2.93. The Bertz CT molecular complexity index is 333. The van der Waals surface area contributed by atoms with Crippen LogP contribution in [0.4, 0.5) is 0 Å². The standard InChI is InChI=1S/C8H11ClN2O2/c1-4-11-5(2)6(9)7(10-11)8(12)13-3/h4H2,1-3H3. The van der Waals surface area contributed by atoms with Gasteiger partial charge in [-0.15, -0.1) is 0 Å². The van der Waals surface area contributed by atoms with Gasteiger partial charge in [0, 0.05) is 6.54 Å². The number of nitrogens with zero attached hydrogens (tertiary/aromatic N) is 2. The van der Waals surface area contributed by atoms with Crippen LogP contribution in [0, 0.1) is 6.92 Å². The van der Waals surface area contributed by atoms with Crippen molar-refractivity contribution in [1.82, 2.24) is 9.78 Å². The molecule has 0 N–H and O–H groups in total. The SMILES string of the molecule is CCn1nc(C(=O)OC)c(Cl)c1C. The molecule has 0 spiro atoms. The molecule has 4 nitrogen and oxygen atoms in total. The summed E-state index contributed by atoms with van der Waals surface area (Å²) >= 11 is 5.88. The topological polar surface area (TPSA) is 44.1 Å². The molecule has 0 amide bonds. The molecule has 0 aliphatic carbocycles. The molecule has 0 atom stereocenters. The first-order chi connectivity index (χ1) is 6.11. The van der Waals surface area contributed by atoms with E-state index in [9.17, 15) is 4.79 Å². The number of aromatic nitrogens is 2. The summed E-state index contributed by atoms with van der Waals surface area (Å²) < 4.78 is 6.19. The van der Waals surface area contributed by atoms with E-state index in [4.69, 9.17) is 11.6 Å². The van der Waals surface area contributed by atoms with E-state index >= 15 is 0 Å². The highest BCUT2D eigenvalue weighted by Crippen LogP contribution is 2.20. The van der Waals surface area contributed by atoms with Crippen molar-refractivity contribution in [3.8, 4) is 0 Å². The number of carbonyl (C=O) groups excluding carboxylic acids is 1. The van der Waals surface area contributed by atoms with E-state index in [0.29, 0.717) is 11.6 Å². The number of hydrogen-bond acceptors (Lipinski definition) is 3. The fraction of sp³-hybridized carbons (Fsp3) is 0.500. The Morgan fingerprint density at radius 3 is 2.69 bits per heavy atom. The molecule has 0 saturated heterocycles. The van der Waals surface area contributed by atoms with Crippen LogP contribution in [-0.4, -0.2) is 22.9 Å². The lowest BCUT2D eigenvalue weighted by atomic mass is 10.4. The number of hydrogen-bond donors (Lipinski definition) is 0. The molecule has 0 aliphatic heterocycles. The van der Waals surface area contributed by atoms with Gasteiger partial charge in [-0.3, -0.25) is 4.68 Å². The van der Waals surface area contributed by atoms with E-state index in [2.05, 4.69) is 9.84 Å². The molecule has 5 heteroatoms. The van der Waals surface area contributed by atoms with Gasteiger partial charge < -0.3 is 4.74 Å². The molecule has 1 heterocycles. The fourth-order valence-corrected chi connectivity index (χ4v) is 1.27. The summed E-state index contributed by atoms with van der Waals surface area (Å²) in [4.78, 5) is 11.1. The first-order valence-electron chi connectivity index (χ1n) is 3.93. The largest absolute Gasteiger partial charge is 0.464 e. The molecule has 1 aromatic heterocycles. The zero-order chi connectivity index (χ0) is 10.0. The minimum Gasteiger partial charge on any atom is -0.464 e. The monoisotopic (exact) mass is 202 g/mol. The average Bonchev–Trinajstić information content (AvgIpc) is 2.43. The number of rotatable bonds is 2. The predicted octanol–water partition coefficient (Wildman–Crippen LogP) is 1.65. The van der Waals surface area contributed by atoms with E-state index in [-0.39, 0.29) is 5.69 Å². The first-order valence-corrected chi connectivity index (χ1v) is 4.30. The molecule has 0 aromatic carbocycles. The zero-order valence-corrected chi connectivity index (χ0v) is 8.55. The lowest BCUT2D eigenvalue weighted by Gasteiger charge is -1.96. The van der Waals surface area contributed by atoms with E-state index < -0.39 is 5.97 Å². The summed E-state index contributed by atoms with van der Waals surface area (Å²) in [5.74, 6) is -0.500. The Hall–Kier alpha value is -1.03. The van der Waals surface area contributed by atoms with Gasteiger partial charge in [-0.05, 0) is 13.8 Å². The maximum atomic E-state index is 11.1. The van der Waals surface area contributed by atoms with Crippen LogP contribution >= 0.6 is 11.6 Å². The van der Waals surface area contributed by atoms with Crippen LogP contribution in [0.25, 0.3) is 0 Å². The molecule has 0 aliphatic rings. The summed E-state index contributed by atoms with van der Waals surface area (Å²) in [6.07, 6.45) is 0. The Labute approximate surface area is 81.4 Å². The average molecular weight is 203 g/mol. The second-order valence-corrected chi connectivity index (χ2v) is 2.93. The predicted molar refractivity (Wildman–Crippen MR) is 49.0 cm³/mol.